The van der Waals surface area contributed by atoms with Crippen LogP contribution in [0.5, 0.6) is 0 Å². The van der Waals surface area contributed by atoms with Crippen molar-refractivity contribution in [3.8, 4) is 11.3 Å². The average Bonchev–Trinajstić information content (AvgIpc) is 3.30. The van der Waals surface area contributed by atoms with Gasteiger partial charge in [-0.15, -0.1) is 0 Å². The van der Waals surface area contributed by atoms with E-state index in [0.29, 0.717) is 38.5 Å². The van der Waals surface area contributed by atoms with Gasteiger partial charge in [0.05, 0.1) is 24.9 Å². The average molecular weight is 527 g/mol. The van der Waals surface area contributed by atoms with Crippen molar-refractivity contribution in [3.63, 3.8) is 0 Å². The van der Waals surface area contributed by atoms with E-state index in [0.717, 1.165) is 30.3 Å². The molecule has 1 aliphatic heterocycles. The maximum atomic E-state index is 14.8. The summed E-state index contributed by atoms with van der Waals surface area (Å²) in [6.07, 6.45) is 2.33. The third kappa shape index (κ3) is 6.64. The van der Waals surface area contributed by atoms with Crippen LogP contribution in [-0.4, -0.2) is 64.4 Å². The molecule has 1 aromatic heterocycles. The first-order valence-electron chi connectivity index (χ1n) is 12.9. The van der Waals surface area contributed by atoms with Gasteiger partial charge < -0.3 is 24.6 Å². The molecule has 0 radical (unpaired) electrons. The van der Waals surface area contributed by atoms with Gasteiger partial charge in [0.2, 0.25) is 5.91 Å². The standard InChI is InChI=1S/C29H36F2N4O3/c1-29(2,3)27(35(26(37)18-36)13-11-22-19-38-14-12-32-22)28-33-25(23-15-21(30)9-10-24(23)31)17-34(28)16-20-7-5-4-6-8-20/h4-10,15,17,22,27,32,36H,11-14,16,18-19H2,1-3H3/t22-,27-/m0/s1. The number of carbonyl (C=O) groups is 1. The summed E-state index contributed by atoms with van der Waals surface area (Å²) in [5.74, 6) is -1.03. The number of aliphatic hydroxyl groups is 1. The first-order chi connectivity index (χ1) is 18.2. The van der Waals surface area contributed by atoms with Crippen LogP contribution in [0.2, 0.25) is 0 Å². The zero-order valence-electron chi connectivity index (χ0n) is 22.2. The van der Waals surface area contributed by atoms with Gasteiger partial charge in [-0.3, -0.25) is 4.79 Å². The van der Waals surface area contributed by atoms with Crippen LogP contribution in [0, 0.1) is 17.0 Å². The van der Waals surface area contributed by atoms with E-state index in [1.165, 1.54) is 0 Å². The number of hydrogen-bond acceptors (Lipinski definition) is 5. The van der Waals surface area contributed by atoms with E-state index in [2.05, 4.69) is 5.32 Å². The summed E-state index contributed by atoms with van der Waals surface area (Å²) in [6, 6.07) is 12.6. The van der Waals surface area contributed by atoms with Gasteiger partial charge >= 0.3 is 0 Å². The summed E-state index contributed by atoms with van der Waals surface area (Å²) in [4.78, 5) is 19.6. The topological polar surface area (TPSA) is 79.6 Å². The smallest absolute Gasteiger partial charge is 0.248 e. The summed E-state index contributed by atoms with van der Waals surface area (Å²) in [5.41, 5.74) is 0.822. The number of imidazole rings is 1. The Morgan fingerprint density at radius 2 is 2.00 bits per heavy atom. The van der Waals surface area contributed by atoms with Crippen LogP contribution < -0.4 is 5.32 Å². The van der Waals surface area contributed by atoms with E-state index < -0.39 is 35.6 Å². The van der Waals surface area contributed by atoms with Crippen molar-refractivity contribution < 1.29 is 23.4 Å². The lowest BCUT2D eigenvalue weighted by atomic mass is 9.84. The molecule has 1 saturated heterocycles. The Labute approximate surface area is 222 Å². The maximum absolute atomic E-state index is 14.8. The summed E-state index contributed by atoms with van der Waals surface area (Å²) < 4.78 is 36.4. The van der Waals surface area contributed by atoms with Crippen LogP contribution >= 0.6 is 0 Å². The Balaban J connectivity index is 1.80. The summed E-state index contributed by atoms with van der Waals surface area (Å²) in [5, 5.41) is 13.3. The number of amides is 1. The van der Waals surface area contributed by atoms with Crippen molar-refractivity contribution in [2.24, 2.45) is 5.41 Å². The minimum atomic E-state index is -0.647. The molecule has 9 heteroatoms. The number of ether oxygens (including phenoxy) is 1. The van der Waals surface area contributed by atoms with Crippen LogP contribution in [-0.2, 0) is 16.1 Å². The Kier molecular flexibility index (Phi) is 8.91. The van der Waals surface area contributed by atoms with E-state index in [1.54, 1.807) is 11.1 Å². The second-order valence-corrected chi connectivity index (χ2v) is 10.8. The fourth-order valence-corrected chi connectivity index (χ4v) is 4.96. The number of benzene rings is 2. The minimum absolute atomic E-state index is 0.0503. The zero-order chi connectivity index (χ0) is 27.3. The zero-order valence-corrected chi connectivity index (χ0v) is 22.2. The Hall–Kier alpha value is -3.14. The molecule has 0 aliphatic carbocycles. The number of morpholine rings is 1. The molecule has 0 spiro atoms. The van der Waals surface area contributed by atoms with Gasteiger partial charge in [0.25, 0.3) is 0 Å². The first-order valence-corrected chi connectivity index (χ1v) is 12.9. The van der Waals surface area contributed by atoms with Gasteiger partial charge in [-0.25, -0.2) is 13.8 Å². The van der Waals surface area contributed by atoms with E-state index in [4.69, 9.17) is 9.72 Å². The van der Waals surface area contributed by atoms with Crippen molar-refractivity contribution in [1.82, 2.24) is 19.8 Å². The van der Waals surface area contributed by atoms with Crippen LogP contribution in [0.1, 0.15) is 44.6 Å². The van der Waals surface area contributed by atoms with Gasteiger partial charge in [0.1, 0.15) is 24.1 Å². The van der Waals surface area contributed by atoms with E-state index in [-0.39, 0.29) is 17.3 Å². The van der Waals surface area contributed by atoms with Crippen molar-refractivity contribution in [3.05, 3.63) is 77.8 Å². The lowest BCUT2D eigenvalue weighted by molar-refractivity contribution is -0.140. The largest absolute Gasteiger partial charge is 0.387 e. The third-order valence-electron chi connectivity index (χ3n) is 6.76. The molecule has 38 heavy (non-hydrogen) atoms. The number of halogens is 2. The molecule has 7 nitrogen and oxygen atoms in total. The van der Waals surface area contributed by atoms with Gasteiger partial charge in [-0.2, -0.15) is 0 Å². The molecule has 1 fully saturated rings. The highest BCUT2D eigenvalue weighted by atomic mass is 19.1. The predicted octanol–water partition coefficient (Wildman–Crippen LogP) is 4.16. The number of nitrogens with one attached hydrogen (secondary N) is 1. The lowest BCUT2D eigenvalue weighted by Gasteiger charge is -2.40. The quantitative estimate of drug-likeness (QED) is 0.438. The molecule has 1 aliphatic rings. The number of carbonyl (C=O) groups excluding carboxylic acids is 1. The molecular formula is C29H36F2N4O3. The second-order valence-electron chi connectivity index (χ2n) is 10.8. The highest BCUT2D eigenvalue weighted by Gasteiger charge is 2.38. The highest BCUT2D eigenvalue weighted by Crippen LogP contribution is 2.39. The van der Waals surface area contributed by atoms with Crippen LogP contribution in [0.15, 0.2) is 54.7 Å². The van der Waals surface area contributed by atoms with E-state index >= 15 is 0 Å². The Morgan fingerprint density at radius 3 is 2.66 bits per heavy atom. The molecule has 1 amide bonds. The van der Waals surface area contributed by atoms with Crippen LogP contribution in [0.4, 0.5) is 8.78 Å². The number of aromatic nitrogens is 2. The monoisotopic (exact) mass is 526 g/mol. The second kappa shape index (κ2) is 12.1. The van der Waals surface area contributed by atoms with Crippen LogP contribution in [0.3, 0.4) is 0 Å². The molecule has 0 unspecified atom stereocenters. The summed E-state index contributed by atoms with van der Waals surface area (Å²) in [6.45, 7) is 8.08. The first kappa shape index (κ1) is 27.9. The summed E-state index contributed by atoms with van der Waals surface area (Å²) in [7, 11) is 0. The maximum Gasteiger partial charge on any atom is 0.248 e. The Bertz CT molecular complexity index is 1220. The highest BCUT2D eigenvalue weighted by molar-refractivity contribution is 5.77. The van der Waals surface area contributed by atoms with E-state index in [1.807, 2.05) is 55.7 Å². The number of hydrogen-bond donors (Lipinski definition) is 2. The number of aliphatic hydroxyl groups excluding tert-OH is 1. The van der Waals surface area contributed by atoms with Gasteiger partial charge in [-0.1, -0.05) is 51.1 Å². The van der Waals surface area contributed by atoms with Crippen molar-refractivity contribution in [1.29, 1.82) is 0 Å². The molecule has 2 atom stereocenters. The molecule has 0 bridgehead atoms. The minimum Gasteiger partial charge on any atom is -0.387 e. The molecule has 3 aromatic rings. The SMILES string of the molecule is CC(C)(C)[C@H](c1nc(-c2cc(F)ccc2F)cn1Cc1ccccc1)N(CC[C@H]1COCCN1)C(=O)CO. The fourth-order valence-electron chi connectivity index (χ4n) is 4.96. The molecule has 2 N–H and O–H groups in total. The summed E-state index contributed by atoms with van der Waals surface area (Å²) >= 11 is 0. The third-order valence-corrected chi connectivity index (χ3v) is 6.76. The Morgan fingerprint density at radius 1 is 1.24 bits per heavy atom. The molecule has 0 saturated carbocycles. The molecule has 2 aromatic carbocycles. The van der Waals surface area contributed by atoms with Crippen molar-refractivity contribution >= 4 is 5.91 Å². The normalized spacial score (nSPS) is 16.8. The molecule has 4 rings (SSSR count). The predicted molar refractivity (Wildman–Crippen MR) is 141 cm³/mol. The number of nitrogens with zero attached hydrogens (tertiary/aromatic N) is 3. The van der Waals surface area contributed by atoms with Gasteiger partial charge in [0, 0.05) is 37.4 Å². The van der Waals surface area contributed by atoms with Gasteiger partial charge in [-0.05, 0) is 35.6 Å². The molecule has 2 heterocycles. The van der Waals surface area contributed by atoms with Crippen LogP contribution in [0.25, 0.3) is 11.3 Å². The fraction of sp³-hybridized carbons (Fsp3) is 0.448. The lowest BCUT2D eigenvalue weighted by Crippen LogP contribution is -2.48. The van der Waals surface area contributed by atoms with Crippen molar-refractivity contribution in [2.75, 3.05) is 32.9 Å². The molecular weight excluding hydrogens is 490 g/mol. The van der Waals surface area contributed by atoms with E-state index in [9.17, 15) is 18.7 Å². The van der Waals surface area contributed by atoms with Gasteiger partial charge in [0.15, 0.2) is 0 Å². The van der Waals surface area contributed by atoms with Crippen molar-refractivity contribution in [2.45, 2.75) is 45.8 Å². The molecule has 204 valence electrons. The number of rotatable bonds is 9.